The van der Waals surface area contributed by atoms with E-state index in [1.54, 1.807) is 7.11 Å². The summed E-state index contributed by atoms with van der Waals surface area (Å²) in [5.41, 5.74) is 8.88. The number of rotatable bonds is 3. The van der Waals surface area contributed by atoms with Crippen molar-refractivity contribution < 1.29 is 4.74 Å². The van der Waals surface area contributed by atoms with Crippen molar-refractivity contribution >= 4 is 16.6 Å². The van der Waals surface area contributed by atoms with Crippen molar-refractivity contribution in [3.63, 3.8) is 0 Å². The maximum absolute atomic E-state index is 5.94. The number of anilines is 1. The third-order valence-corrected chi connectivity index (χ3v) is 3.19. The van der Waals surface area contributed by atoms with Crippen molar-refractivity contribution in [3.05, 3.63) is 54.2 Å². The number of aromatic nitrogens is 2. The van der Waals surface area contributed by atoms with E-state index in [2.05, 4.69) is 11.2 Å². The van der Waals surface area contributed by atoms with Gasteiger partial charge in [0.15, 0.2) is 0 Å². The van der Waals surface area contributed by atoms with E-state index in [1.165, 1.54) is 0 Å². The fraction of sp³-hybridized carbons (Fsp3) is 0.133. The van der Waals surface area contributed by atoms with Crippen LogP contribution >= 0.6 is 0 Å². The summed E-state index contributed by atoms with van der Waals surface area (Å²) in [5, 5.41) is 5.39. The Hall–Kier alpha value is -2.49. The van der Waals surface area contributed by atoms with Gasteiger partial charge >= 0.3 is 0 Å². The Labute approximate surface area is 111 Å². The molecule has 0 aliphatic heterocycles. The molecule has 4 nitrogen and oxygen atoms in total. The van der Waals surface area contributed by atoms with E-state index in [-0.39, 0.29) is 0 Å². The summed E-state index contributed by atoms with van der Waals surface area (Å²) in [6.45, 7) is 0.699. The lowest BCUT2D eigenvalue weighted by Gasteiger charge is -2.06. The van der Waals surface area contributed by atoms with Gasteiger partial charge < -0.3 is 10.5 Å². The molecule has 0 atom stereocenters. The molecular formula is C15H15N3O. The first-order chi connectivity index (χ1) is 9.28. The number of benzene rings is 2. The molecule has 0 radical (unpaired) electrons. The van der Waals surface area contributed by atoms with Gasteiger partial charge in [0.25, 0.3) is 0 Å². The summed E-state index contributed by atoms with van der Waals surface area (Å²) in [7, 11) is 1.67. The second-order valence-corrected chi connectivity index (χ2v) is 4.43. The minimum atomic E-state index is 0.699. The molecule has 0 saturated carbocycles. The minimum Gasteiger partial charge on any atom is -0.497 e. The maximum atomic E-state index is 5.94. The van der Waals surface area contributed by atoms with E-state index in [1.807, 2.05) is 47.3 Å². The Morgan fingerprint density at radius 3 is 2.89 bits per heavy atom. The summed E-state index contributed by atoms with van der Waals surface area (Å²) < 4.78 is 7.18. The van der Waals surface area contributed by atoms with Crippen LogP contribution in [0.25, 0.3) is 10.9 Å². The van der Waals surface area contributed by atoms with Crippen LogP contribution in [0, 0.1) is 0 Å². The van der Waals surface area contributed by atoms with Crippen LogP contribution in [0.2, 0.25) is 0 Å². The summed E-state index contributed by atoms with van der Waals surface area (Å²) in [6, 6.07) is 13.8. The van der Waals surface area contributed by atoms with Gasteiger partial charge in [-0.25, -0.2) is 0 Å². The minimum absolute atomic E-state index is 0.699. The van der Waals surface area contributed by atoms with Gasteiger partial charge in [0.05, 0.1) is 25.4 Å². The lowest BCUT2D eigenvalue weighted by Crippen LogP contribution is -2.01. The van der Waals surface area contributed by atoms with Crippen LogP contribution in [0.5, 0.6) is 5.75 Å². The Morgan fingerprint density at radius 1 is 1.21 bits per heavy atom. The molecule has 19 heavy (non-hydrogen) atoms. The number of nitrogens with zero attached hydrogens (tertiary/aromatic N) is 2. The highest BCUT2D eigenvalue weighted by molar-refractivity contribution is 5.90. The first-order valence-corrected chi connectivity index (χ1v) is 6.11. The molecule has 4 heteroatoms. The SMILES string of the molecule is COc1cccc(Cn2ncc3c(N)cccc32)c1. The van der Waals surface area contributed by atoms with Gasteiger partial charge in [-0.2, -0.15) is 5.10 Å². The van der Waals surface area contributed by atoms with Gasteiger partial charge in [-0.3, -0.25) is 4.68 Å². The standard InChI is InChI=1S/C15H15N3O/c1-19-12-5-2-4-11(8-12)10-18-15-7-3-6-14(16)13(15)9-17-18/h2-9H,10,16H2,1H3. The molecule has 0 amide bonds. The van der Waals surface area contributed by atoms with Crippen molar-refractivity contribution in [2.75, 3.05) is 12.8 Å². The number of ether oxygens (including phenoxy) is 1. The van der Waals surface area contributed by atoms with Crippen LogP contribution in [0.15, 0.2) is 48.7 Å². The number of hydrogen-bond donors (Lipinski definition) is 1. The van der Waals surface area contributed by atoms with Crippen LogP contribution in [0.3, 0.4) is 0 Å². The molecule has 2 aromatic carbocycles. The summed E-state index contributed by atoms with van der Waals surface area (Å²) in [4.78, 5) is 0. The van der Waals surface area contributed by atoms with Gasteiger partial charge in [0, 0.05) is 11.1 Å². The molecule has 1 aromatic heterocycles. The summed E-state index contributed by atoms with van der Waals surface area (Å²) in [6.07, 6.45) is 1.81. The highest BCUT2D eigenvalue weighted by atomic mass is 16.5. The van der Waals surface area contributed by atoms with E-state index in [0.29, 0.717) is 6.54 Å². The predicted octanol–water partition coefficient (Wildman–Crippen LogP) is 2.68. The monoisotopic (exact) mass is 253 g/mol. The van der Waals surface area contributed by atoms with Crippen molar-refractivity contribution in [2.24, 2.45) is 0 Å². The first-order valence-electron chi connectivity index (χ1n) is 6.11. The zero-order valence-corrected chi connectivity index (χ0v) is 10.7. The third kappa shape index (κ3) is 2.12. The van der Waals surface area contributed by atoms with E-state index in [0.717, 1.165) is 27.9 Å². The van der Waals surface area contributed by atoms with Crippen molar-refractivity contribution in [1.82, 2.24) is 9.78 Å². The van der Waals surface area contributed by atoms with Crippen molar-refractivity contribution in [3.8, 4) is 5.75 Å². The molecule has 0 saturated heterocycles. The molecule has 1 heterocycles. The smallest absolute Gasteiger partial charge is 0.119 e. The molecule has 0 aliphatic carbocycles. The molecule has 3 aromatic rings. The molecule has 2 N–H and O–H groups in total. The number of nitrogens with two attached hydrogens (primary N) is 1. The molecule has 0 unspecified atom stereocenters. The molecule has 0 bridgehead atoms. The van der Waals surface area contributed by atoms with E-state index in [9.17, 15) is 0 Å². The fourth-order valence-electron chi connectivity index (χ4n) is 2.20. The van der Waals surface area contributed by atoms with Gasteiger partial charge in [-0.15, -0.1) is 0 Å². The number of nitrogen functional groups attached to an aromatic ring is 1. The van der Waals surface area contributed by atoms with E-state index >= 15 is 0 Å². The van der Waals surface area contributed by atoms with E-state index < -0.39 is 0 Å². The van der Waals surface area contributed by atoms with Crippen LogP contribution in [0.1, 0.15) is 5.56 Å². The van der Waals surface area contributed by atoms with Gasteiger partial charge in [-0.05, 0) is 29.8 Å². The Balaban J connectivity index is 1.99. The zero-order valence-electron chi connectivity index (χ0n) is 10.7. The predicted molar refractivity (Wildman–Crippen MR) is 76.2 cm³/mol. The van der Waals surface area contributed by atoms with Crippen LogP contribution in [0.4, 0.5) is 5.69 Å². The molecule has 0 spiro atoms. The largest absolute Gasteiger partial charge is 0.497 e. The highest BCUT2D eigenvalue weighted by Gasteiger charge is 2.05. The quantitative estimate of drug-likeness (QED) is 0.730. The maximum Gasteiger partial charge on any atom is 0.119 e. The van der Waals surface area contributed by atoms with Crippen LogP contribution < -0.4 is 10.5 Å². The van der Waals surface area contributed by atoms with Crippen molar-refractivity contribution in [2.45, 2.75) is 6.54 Å². The Morgan fingerprint density at radius 2 is 2.05 bits per heavy atom. The van der Waals surface area contributed by atoms with Gasteiger partial charge in [-0.1, -0.05) is 18.2 Å². The van der Waals surface area contributed by atoms with Crippen LogP contribution in [-0.2, 0) is 6.54 Å². The van der Waals surface area contributed by atoms with Crippen LogP contribution in [-0.4, -0.2) is 16.9 Å². The second kappa shape index (κ2) is 4.65. The fourth-order valence-corrected chi connectivity index (χ4v) is 2.20. The Bertz CT molecular complexity index is 718. The first kappa shape index (κ1) is 11.6. The molecule has 0 fully saturated rings. The van der Waals surface area contributed by atoms with E-state index in [4.69, 9.17) is 10.5 Å². The molecule has 0 aliphatic rings. The van der Waals surface area contributed by atoms with Crippen molar-refractivity contribution in [1.29, 1.82) is 0 Å². The summed E-state index contributed by atoms with van der Waals surface area (Å²) in [5.74, 6) is 0.855. The number of hydrogen-bond acceptors (Lipinski definition) is 3. The summed E-state index contributed by atoms with van der Waals surface area (Å²) >= 11 is 0. The highest BCUT2D eigenvalue weighted by Crippen LogP contribution is 2.21. The number of fused-ring (bicyclic) bond motifs is 1. The second-order valence-electron chi connectivity index (χ2n) is 4.43. The lowest BCUT2D eigenvalue weighted by atomic mass is 10.2. The van der Waals surface area contributed by atoms with Gasteiger partial charge in [0.2, 0.25) is 0 Å². The normalized spacial score (nSPS) is 10.8. The topological polar surface area (TPSA) is 53.1 Å². The number of methoxy groups -OCH3 is 1. The zero-order chi connectivity index (χ0) is 13.2. The average molecular weight is 253 g/mol. The third-order valence-electron chi connectivity index (χ3n) is 3.19. The lowest BCUT2D eigenvalue weighted by molar-refractivity contribution is 0.414. The Kier molecular flexibility index (Phi) is 2.83. The molecule has 3 rings (SSSR count). The van der Waals surface area contributed by atoms with Gasteiger partial charge in [0.1, 0.15) is 5.75 Å². The molecular weight excluding hydrogens is 238 g/mol. The molecule has 96 valence electrons. The average Bonchev–Trinajstić information content (AvgIpc) is 2.84.